The number of benzene rings is 1. The van der Waals surface area contributed by atoms with Crippen LogP contribution in [0.5, 0.6) is 5.75 Å². The molecule has 0 saturated carbocycles. The number of aryl methyl sites for hydroxylation is 1. The van der Waals surface area contributed by atoms with Gasteiger partial charge in [-0.25, -0.2) is 8.42 Å². The average molecular weight is 369 g/mol. The third-order valence-electron chi connectivity index (χ3n) is 5.13. The van der Waals surface area contributed by atoms with Crippen molar-refractivity contribution in [1.82, 2.24) is 4.89 Å². The predicted molar refractivity (Wildman–Crippen MR) is 95.8 cm³/mol. The maximum absolute atomic E-state index is 12.6. The normalized spacial score (nSPS) is 20.3. The maximum Gasteiger partial charge on any atom is 0.323 e. The highest BCUT2D eigenvalue weighted by Crippen LogP contribution is 2.46. The summed E-state index contributed by atoms with van der Waals surface area (Å²) in [4.78, 5) is 17.4. The van der Waals surface area contributed by atoms with Crippen LogP contribution in [0, 0.1) is 6.92 Å². The van der Waals surface area contributed by atoms with Crippen LogP contribution >= 0.6 is 0 Å². The van der Waals surface area contributed by atoms with Crippen molar-refractivity contribution in [3.8, 4) is 5.75 Å². The van der Waals surface area contributed by atoms with E-state index in [-0.39, 0.29) is 5.92 Å². The van der Waals surface area contributed by atoms with Crippen LogP contribution in [0.25, 0.3) is 0 Å². The van der Waals surface area contributed by atoms with Crippen LogP contribution < -0.4 is 9.62 Å². The van der Waals surface area contributed by atoms with E-state index in [0.717, 1.165) is 36.6 Å². The molecule has 0 radical (unpaired) electrons. The van der Waals surface area contributed by atoms with Crippen molar-refractivity contribution in [1.29, 1.82) is 0 Å². The lowest BCUT2D eigenvalue weighted by atomic mass is 9.78. The van der Waals surface area contributed by atoms with Gasteiger partial charge >= 0.3 is 5.97 Å². The third kappa shape index (κ3) is 4.15. The van der Waals surface area contributed by atoms with Gasteiger partial charge in [0.1, 0.15) is 11.4 Å². The Balaban J connectivity index is 2.44. The number of carbonyl (C=O) groups is 1. The second-order valence-corrected chi connectivity index (χ2v) is 8.77. The molecule has 1 aromatic carbocycles. The first-order chi connectivity index (χ1) is 11.6. The summed E-state index contributed by atoms with van der Waals surface area (Å²) in [7, 11) is -3.83. The molecule has 1 aliphatic heterocycles. The van der Waals surface area contributed by atoms with Gasteiger partial charge in [0, 0.05) is 12.8 Å². The maximum atomic E-state index is 12.6. The zero-order chi connectivity index (χ0) is 18.8. The number of hydrogen-bond acceptors (Lipinski definition) is 5. The Bertz CT molecular complexity index is 740. The first-order valence-electron chi connectivity index (χ1n) is 8.61. The van der Waals surface area contributed by atoms with Crippen LogP contribution in [0.2, 0.25) is 0 Å². The van der Waals surface area contributed by atoms with E-state index in [1.807, 2.05) is 30.0 Å². The predicted octanol–water partition coefficient (Wildman–Crippen LogP) is 3.21. The number of carbonyl (C=O) groups excluding carboxylic acids is 1. The fourth-order valence-corrected chi connectivity index (χ4v) is 4.41. The molecule has 0 fully saturated rings. The van der Waals surface area contributed by atoms with Gasteiger partial charge in [0.25, 0.3) is 0 Å². The van der Waals surface area contributed by atoms with Crippen molar-refractivity contribution in [3.05, 3.63) is 29.3 Å². The van der Waals surface area contributed by atoms with Crippen LogP contribution in [-0.4, -0.2) is 25.2 Å². The summed E-state index contributed by atoms with van der Waals surface area (Å²) in [6.45, 7) is 8.87. The minimum absolute atomic E-state index is 0.253. The van der Waals surface area contributed by atoms with Gasteiger partial charge in [-0.15, -0.1) is 0 Å². The molecule has 0 spiro atoms. The fourth-order valence-electron chi connectivity index (χ4n) is 3.35. The van der Waals surface area contributed by atoms with Crippen molar-refractivity contribution < 1.29 is 22.8 Å². The van der Waals surface area contributed by atoms with Crippen LogP contribution in [0.15, 0.2) is 18.2 Å². The first kappa shape index (κ1) is 19.7. The highest BCUT2D eigenvalue weighted by Gasteiger charge is 2.44. The number of fused-ring (bicyclic) bond motifs is 1. The van der Waals surface area contributed by atoms with Crippen LogP contribution in [-0.2, 0) is 19.7 Å². The molecule has 25 heavy (non-hydrogen) atoms. The Kier molecular flexibility index (Phi) is 5.79. The van der Waals surface area contributed by atoms with Crippen molar-refractivity contribution in [2.24, 2.45) is 0 Å². The minimum atomic E-state index is -3.83. The van der Waals surface area contributed by atoms with E-state index in [0.29, 0.717) is 6.42 Å². The van der Waals surface area contributed by atoms with E-state index in [2.05, 4.69) is 18.7 Å². The summed E-state index contributed by atoms with van der Waals surface area (Å²) < 4.78 is 31.4. The molecule has 7 heteroatoms. The number of rotatable bonds is 6. The molecular weight excluding hydrogens is 342 g/mol. The molecule has 6 nitrogen and oxygen atoms in total. The van der Waals surface area contributed by atoms with Crippen LogP contribution in [0.3, 0.4) is 0 Å². The summed E-state index contributed by atoms with van der Waals surface area (Å²) in [5.74, 6) is -0.216. The molecule has 1 aliphatic rings. The highest BCUT2D eigenvalue weighted by atomic mass is 32.2. The number of ether oxygens (including phenoxy) is 1. The van der Waals surface area contributed by atoms with Gasteiger partial charge in [0.05, 0.1) is 5.25 Å². The van der Waals surface area contributed by atoms with Crippen molar-refractivity contribution in [2.45, 2.75) is 70.7 Å². The van der Waals surface area contributed by atoms with Gasteiger partial charge in [-0.2, -0.15) is 0 Å². The molecule has 0 aromatic heterocycles. The van der Waals surface area contributed by atoms with E-state index in [1.54, 1.807) is 6.92 Å². The molecule has 0 saturated heterocycles. The first-order valence-corrected chi connectivity index (χ1v) is 10.2. The Labute approximate surface area is 149 Å². The molecule has 2 rings (SSSR count). The number of nitrogens with one attached hydrogen (secondary N) is 1. The van der Waals surface area contributed by atoms with E-state index < -0.39 is 26.8 Å². The largest absolute Gasteiger partial charge is 0.487 e. The lowest BCUT2D eigenvalue weighted by molar-refractivity contribution is -0.144. The van der Waals surface area contributed by atoms with Gasteiger partial charge in [-0.05, 0) is 49.6 Å². The number of hydrogen-bond donors (Lipinski definition) is 1. The van der Waals surface area contributed by atoms with Crippen molar-refractivity contribution >= 4 is 16.0 Å². The second-order valence-electron chi connectivity index (χ2n) is 6.77. The van der Waals surface area contributed by atoms with Gasteiger partial charge in [-0.3, -0.25) is 4.79 Å². The van der Waals surface area contributed by atoms with Crippen molar-refractivity contribution in [2.75, 3.05) is 0 Å². The summed E-state index contributed by atoms with van der Waals surface area (Å²) in [5, 5.41) is -0.770. The SMILES string of the molecule is CCC1(CC)CC(C(C)S(=O)(=O)NOC(C)=O)c2cc(C)ccc2O1. The molecule has 1 N–H and O–H groups in total. The molecule has 0 amide bonds. The fraction of sp³-hybridized carbons (Fsp3) is 0.611. The van der Waals surface area contributed by atoms with Crippen LogP contribution in [0.1, 0.15) is 64.0 Å². The van der Waals surface area contributed by atoms with E-state index in [1.165, 1.54) is 0 Å². The number of sulfonamides is 1. The molecule has 2 unspecified atom stereocenters. The lowest BCUT2D eigenvalue weighted by Gasteiger charge is -2.43. The Morgan fingerprint density at radius 1 is 1.40 bits per heavy atom. The van der Waals surface area contributed by atoms with E-state index in [4.69, 9.17) is 4.74 Å². The second kappa shape index (κ2) is 7.33. The molecule has 0 aliphatic carbocycles. The highest BCUT2D eigenvalue weighted by molar-refractivity contribution is 7.90. The Morgan fingerprint density at radius 2 is 2.04 bits per heavy atom. The molecule has 1 heterocycles. The van der Waals surface area contributed by atoms with Crippen LogP contribution in [0.4, 0.5) is 0 Å². The monoisotopic (exact) mass is 369 g/mol. The minimum Gasteiger partial charge on any atom is -0.487 e. The lowest BCUT2D eigenvalue weighted by Crippen LogP contribution is -2.45. The molecule has 0 bridgehead atoms. The molecule has 1 aromatic rings. The quantitative estimate of drug-likeness (QED) is 0.779. The average Bonchev–Trinajstić information content (AvgIpc) is 2.58. The Morgan fingerprint density at radius 3 is 2.60 bits per heavy atom. The standard InChI is InChI=1S/C18H27NO5S/c1-6-18(7-2)11-16(13(4)25(21,22)19-24-14(5)20)15-10-12(3)8-9-17(15)23-18/h8-10,13,16,19H,6-7,11H2,1-5H3. The van der Waals surface area contributed by atoms with Gasteiger partial charge in [0.2, 0.25) is 10.0 Å². The van der Waals surface area contributed by atoms with Gasteiger partial charge in [0.15, 0.2) is 0 Å². The Hall–Kier alpha value is -1.60. The summed E-state index contributed by atoms with van der Waals surface area (Å²) in [5.41, 5.74) is 1.54. The molecular formula is C18H27NO5S. The zero-order valence-corrected chi connectivity index (χ0v) is 16.3. The smallest absolute Gasteiger partial charge is 0.323 e. The van der Waals surface area contributed by atoms with Crippen molar-refractivity contribution in [3.63, 3.8) is 0 Å². The topological polar surface area (TPSA) is 81.7 Å². The molecule has 140 valence electrons. The van der Waals surface area contributed by atoms with E-state index >= 15 is 0 Å². The van der Waals surface area contributed by atoms with Gasteiger partial charge in [-0.1, -0.05) is 31.5 Å². The summed E-state index contributed by atoms with van der Waals surface area (Å²) in [6.07, 6.45) is 2.17. The third-order valence-corrected chi connectivity index (χ3v) is 6.75. The summed E-state index contributed by atoms with van der Waals surface area (Å²) >= 11 is 0. The van der Waals surface area contributed by atoms with E-state index in [9.17, 15) is 13.2 Å². The summed E-state index contributed by atoms with van der Waals surface area (Å²) in [6, 6.07) is 5.86. The van der Waals surface area contributed by atoms with Gasteiger partial charge < -0.3 is 9.57 Å². The zero-order valence-electron chi connectivity index (χ0n) is 15.5. The molecule has 2 atom stereocenters.